The van der Waals surface area contributed by atoms with Crippen molar-refractivity contribution in [1.82, 2.24) is 10.2 Å². The molecule has 0 aromatic heterocycles. The van der Waals surface area contributed by atoms with Crippen LogP contribution >= 0.6 is 0 Å². The van der Waals surface area contributed by atoms with Gasteiger partial charge in [0.05, 0.1) is 6.42 Å². The fraction of sp³-hybridized carbons (Fsp3) is 0.833. The Balaban J connectivity index is 2.21. The molecule has 2 N–H and O–H groups in total. The van der Waals surface area contributed by atoms with Gasteiger partial charge in [0.1, 0.15) is 0 Å². The minimum atomic E-state index is -0.922. The summed E-state index contributed by atoms with van der Waals surface area (Å²) in [6.07, 6.45) is 1.91. The van der Waals surface area contributed by atoms with E-state index in [-0.39, 0.29) is 24.8 Å². The first-order chi connectivity index (χ1) is 7.99. The highest BCUT2D eigenvalue weighted by Crippen LogP contribution is 2.13. The number of hydrogen-bond acceptors (Lipinski definition) is 3. The molecular formula is C12H22N2O3. The third-order valence-electron chi connectivity index (χ3n) is 3.19. The molecule has 1 aliphatic rings. The maximum atomic E-state index is 11.4. The van der Waals surface area contributed by atoms with Gasteiger partial charge in [-0.1, -0.05) is 0 Å². The van der Waals surface area contributed by atoms with Crippen molar-refractivity contribution in [2.75, 3.05) is 13.1 Å². The number of nitrogens with zero attached hydrogens (tertiary/aromatic N) is 1. The number of piperidine rings is 1. The average Bonchev–Trinajstić information content (AvgIpc) is 2.27. The van der Waals surface area contributed by atoms with E-state index in [0.29, 0.717) is 6.04 Å². The molecule has 5 nitrogen and oxygen atoms in total. The zero-order chi connectivity index (χ0) is 12.8. The number of carboxylic acids is 1. The lowest BCUT2D eigenvalue weighted by Gasteiger charge is -2.34. The highest BCUT2D eigenvalue weighted by Gasteiger charge is 2.21. The Hall–Kier alpha value is -1.10. The van der Waals surface area contributed by atoms with E-state index >= 15 is 0 Å². The van der Waals surface area contributed by atoms with E-state index in [1.165, 1.54) is 0 Å². The fourth-order valence-corrected chi connectivity index (χ4v) is 2.08. The number of likely N-dealkylation sites (tertiary alicyclic amines) is 1. The van der Waals surface area contributed by atoms with Crippen molar-refractivity contribution in [2.45, 2.75) is 51.6 Å². The number of nitrogens with one attached hydrogen (secondary N) is 1. The van der Waals surface area contributed by atoms with Crippen LogP contribution in [-0.4, -0.2) is 47.1 Å². The molecule has 0 aromatic carbocycles. The van der Waals surface area contributed by atoms with Crippen LogP contribution in [0.2, 0.25) is 0 Å². The Labute approximate surface area is 102 Å². The van der Waals surface area contributed by atoms with E-state index in [0.717, 1.165) is 25.9 Å². The van der Waals surface area contributed by atoms with Gasteiger partial charge in [-0.25, -0.2) is 0 Å². The first-order valence-electron chi connectivity index (χ1n) is 6.24. The summed E-state index contributed by atoms with van der Waals surface area (Å²) in [6, 6.07) is 0.768. The largest absolute Gasteiger partial charge is 0.481 e. The third kappa shape index (κ3) is 5.17. The highest BCUT2D eigenvalue weighted by atomic mass is 16.4. The first-order valence-corrected chi connectivity index (χ1v) is 6.24. The summed E-state index contributed by atoms with van der Waals surface area (Å²) in [5.74, 6) is -1.06. The molecule has 0 unspecified atom stereocenters. The van der Waals surface area contributed by atoms with E-state index in [4.69, 9.17) is 5.11 Å². The highest BCUT2D eigenvalue weighted by molar-refractivity contribution is 5.80. The molecule has 1 rings (SSSR count). The molecule has 17 heavy (non-hydrogen) atoms. The van der Waals surface area contributed by atoms with E-state index in [1.54, 1.807) is 0 Å². The van der Waals surface area contributed by atoms with Gasteiger partial charge in [0.25, 0.3) is 0 Å². The summed E-state index contributed by atoms with van der Waals surface area (Å²) < 4.78 is 0. The topological polar surface area (TPSA) is 69.6 Å². The maximum Gasteiger partial charge on any atom is 0.303 e. The standard InChI is InChI=1S/C12H22N2O3/c1-9(2)14-7-5-10(6-8-14)13-11(15)3-4-12(16)17/h9-10H,3-8H2,1-2H3,(H,13,15)(H,16,17). The van der Waals surface area contributed by atoms with Crippen LogP contribution in [0, 0.1) is 0 Å². The second-order valence-corrected chi connectivity index (χ2v) is 4.87. The van der Waals surface area contributed by atoms with Crippen LogP contribution in [0.5, 0.6) is 0 Å². The molecule has 0 saturated carbocycles. The summed E-state index contributed by atoms with van der Waals surface area (Å²) in [5.41, 5.74) is 0. The van der Waals surface area contributed by atoms with E-state index in [2.05, 4.69) is 24.1 Å². The SMILES string of the molecule is CC(C)N1CCC(NC(=O)CCC(=O)O)CC1. The number of hydrogen-bond donors (Lipinski definition) is 2. The lowest BCUT2D eigenvalue weighted by Crippen LogP contribution is -2.46. The van der Waals surface area contributed by atoms with Crippen molar-refractivity contribution < 1.29 is 14.7 Å². The van der Waals surface area contributed by atoms with Gasteiger partial charge in [0, 0.05) is 31.6 Å². The van der Waals surface area contributed by atoms with Crippen molar-refractivity contribution in [3.05, 3.63) is 0 Å². The molecule has 0 atom stereocenters. The van der Waals surface area contributed by atoms with Gasteiger partial charge in [-0.2, -0.15) is 0 Å². The monoisotopic (exact) mass is 242 g/mol. The zero-order valence-electron chi connectivity index (χ0n) is 10.6. The smallest absolute Gasteiger partial charge is 0.303 e. The lowest BCUT2D eigenvalue weighted by molar-refractivity contribution is -0.139. The number of rotatable bonds is 5. The van der Waals surface area contributed by atoms with Crippen LogP contribution in [0.15, 0.2) is 0 Å². The summed E-state index contributed by atoms with van der Waals surface area (Å²) in [5, 5.41) is 11.4. The van der Waals surface area contributed by atoms with Crippen LogP contribution in [0.3, 0.4) is 0 Å². The van der Waals surface area contributed by atoms with Crippen molar-refractivity contribution in [2.24, 2.45) is 0 Å². The van der Waals surface area contributed by atoms with Gasteiger partial charge in [0.15, 0.2) is 0 Å². The molecular weight excluding hydrogens is 220 g/mol. The Morgan fingerprint density at radius 1 is 1.29 bits per heavy atom. The van der Waals surface area contributed by atoms with Crippen molar-refractivity contribution in [1.29, 1.82) is 0 Å². The van der Waals surface area contributed by atoms with Crippen LogP contribution in [0.1, 0.15) is 39.5 Å². The molecule has 0 spiro atoms. The van der Waals surface area contributed by atoms with E-state index in [9.17, 15) is 9.59 Å². The van der Waals surface area contributed by atoms with Crippen LogP contribution in [-0.2, 0) is 9.59 Å². The zero-order valence-corrected chi connectivity index (χ0v) is 10.6. The lowest BCUT2D eigenvalue weighted by atomic mass is 10.0. The second kappa shape index (κ2) is 6.59. The van der Waals surface area contributed by atoms with Gasteiger partial charge in [0.2, 0.25) is 5.91 Å². The molecule has 1 amide bonds. The van der Waals surface area contributed by atoms with Crippen LogP contribution < -0.4 is 5.32 Å². The molecule has 0 aromatic rings. The predicted molar refractivity (Wildman–Crippen MR) is 64.7 cm³/mol. The molecule has 1 fully saturated rings. The molecule has 1 heterocycles. The van der Waals surface area contributed by atoms with Crippen molar-refractivity contribution in [3.63, 3.8) is 0 Å². The summed E-state index contributed by atoms with van der Waals surface area (Å²) in [4.78, 5) is 24.2. The Morgan fingerprint density at radius 2 is 1.88 bits per heavy atom. The Morgan fingerprint density at radius 3 is 2.35 bits per heavy atom. The minimum absolute atomic E-state index is 0.0831. The fourth-order valence-electron chi connectivity index (χ4n) is 2.08. The summed E-state index contributed by atoms with van der Waals surface area (Å²) >= 11 is 0. The number of carbonyl (C=O) groups is 2. The normalized spacial score (nSPS) is 18.3. The molecule has 0 aliphatic carbocycles. The van der Waals surface area contributed by atoms with Crippen LogP contribution in [0.4, 0.5) is 0 Å². The molecule has 5 heteroatoms. The van der Waals surface area contributed by atoms with Gasteiger partial charge >= 0.3 is 5.97 Å². The van der Waals surface area contributed by atoms with E-state index < -0.39 is 5.97 Å². The summed E-state index contributed by atoms with van der Waals surface area (Å²) in [6.45, 7) is 6.35. The average molecular weight is 242 g/mol. The van der Waals surface area contributed by atoms with Gasteiger partial charge in [-0.15, -0.1) is 0 Å². The maximum absolute atomic E-state index is 11.4. The van der Waals surface area contributed by atoms with Crippen molar-refractivity contribution >= 4 is 11.9 Å². The van der Waals surface area contributed by atoms with Crippen LogP contribution in [0.25, 0.3) is 0 Å². The number of amides is 1. The molecule has 0 radical (unpaired) electrons. The molecule has 1 aliphatic heterocycles. The Bertz CT molecular complexity index is 271. The van der Waals surface area contributed by atoms with Crippen molar-refractivity contribution in [3.8, 4) is 0 Å². The van der Waals surface area contributed by atoms with Gasteiger partial charge in [-0.05, 0) is 26.7 Å². The van der Waals surface area contributed by atoms with Gasteiger partial charge in [-0.3, -0.25) is 9.59 Å². The van der Waals surface area contributed by atoms with Gasteiger partial charge < -0.3 is 15.3 Å². The molecule has 0 bridgehead atoms. The first kappa shape index (κ1) is 14.0. The van der Waals surface area contributed by atoms with E-state index in [1.807, 2.05) is 0 Å². The third-order valence-corrected chi connectivity index (χ3v) is 3.19. The molecule has 98 valence electrons. The quantitative estimate of drug-likeness (QED) is 0.749. The number of carboxylic acid groups (broad SMARTS) is 1. The number of aliphatic carboxylic acids is 1. The Kier molecular flexibility index (Phi) is 5.41. The predicted octanol–water partition coefficient (Wildman–Crippen LogP) is 0.840. The number of carbonyl (C=O) groups excluding carboxylic acids is 1. The second-order valence-electron chi connectivity index (χ2n) is 4.87. The minimum Gasteiger partial charge on any atom is -0.481 e. The molecule has 1 saturated heterocycles. The summed E-state index contributed by atoms with van der Waals surface area (Å²) in [7, 11) is 0.